The van der Waals surface area contributed by atoms with Gasteiger partial charge in [-0.3, -0.25) is 4.99 Å². The number of aliphatic hydroxyl groups excluding tert-OH is 1. The summed E-state index contributed by atoms with van der Waals surface area (Å²) in [5, 5.41) is 16.6. The maximum absolute atomic E-state index is 9.72. The summed E-state index contributed by atoms with van der Waals surface area (Å²) in [6.45, 7) is 1.65. The van der Waals surface area contributed by atoms with Gasteiger partial charge in [0, 0.05) is 31.5 Å². The Morgan fingerprint density at radius 2 is 1.67 bits per heavy atom. The van der Waals surface area contributed by atoms with Crippen molar-refractivity contribution in [1.82, 2.24) is 10.6 Å². The van der Waals surface area contributed by atoms with E-state index in [9.17, 15) is 5.11 Å². The highest BCUT2D eigenvalue weighted by molar-refractivity contribution is 14.0. The van der Waals surface area contributed by atoms with Crippen LogP contribution in [0.3, 0.4) is 0 Å². The predicted octanol–water partition coefficient (Wildman–Crippen LogP) is 3.67. The van der Waals surface area contributed by atoms with E-state index < -0.39 is 0 Å². The number of halogens is 1. The van der Waals surface area contributed by atoms with Crippen molar-refractivity contribution in [2.45, 2.75) is 30.6 Å². The SMILES string of the molecule is CN=C(NCC(CO)c1ccccc1)NCC1(c2ccccc2)CCC1.I. The van der Waals surface area contributed by atoms with Crippen LogP contribution in [0.25, 0.3) is 0 Å². The number of guanidine groups is 1. The first-order chi connectivity index (χ1) is 12.8. The molecule has 0 bridgehead atoms. The Morgan fingerprint density at radius 3 is 2.19 bits per heavy atom. The van der Waals surface area contributed by atoms with Gasteiger partial charge in [-0.1, -0.05) is 67.1 Å². The molecule has 146 valence electrons. The first kappa shape index (κ1) is 21.7. The van der Waals surface area contributed by atoms with Crippen LogP contribution in [0.1, 0.15) is 36.3 Å². The van der Waals surface area contributed by atoms with Crippen LogP contribution in [0.5, 0.6) is 0 Å². The highest BCUT2D eigenvalue weighted by Gasteiger charge is 2.38. The van der Waals surface area contributed by atoms with Crippen LogP contribution in [0, 0.1) is 0 Å². The van der Waals surface area contributed by atoms with Crippen LogP contribution in [0.15, 0.2) is 65.7 Å². The Balaban J connectivity index is 0.00000261. The fraction of sp³-hybridized carbons (Fsp3) is 0.409. The lowest BCUT2D eigenvalue weighted by Gasteiger charge is -2.43. The van der Waals surface area contributed by atoms with E-state index in [0.717, 1.165) is 18.1 Å². The summed E-state index contributed by atoms with van der Waals surface area (Å²) in [7, 11) is 1.79. The van der Waals surface area contributed by atoms with E-state index in [-0.39, 0.29) is 41.9 Å². The molecule has 0 radical (unpaired) electrons. The normalized spacial score (nSPS) is 16.6. The lowest BCUT2D eigenvalue weighted by molar-refractivity contribution is 0.243. The molecule has 0 spiro atoms. The summed E-state index contributed by atoms with van der Waals surface area (Å²) in [6, 6.07) is 20.9. The smallest absolute Gasteiger partial charge is 0.191 e. The van der Waals surface area contributed by atoms with Crippen LogP contribution in [-0.4, -0.2) is 37.8 Å². The molecule has 5 heteroatoms. The van der Waals surface area contributed by atoms with Crippen LogP contribution in [0.4, 0.5) is 0 Å². The van der Waals surface area contributed by atoms with Crippen molar-refractivity contribution in [1.29, 1.82) is 0 Å². The quantitative estimate of drug-likeness (QED) is 0.323. The Hall–Kier alpha value is -1.60. The minimum atomic E-state index is 0. The molecule has 1 unspecified atom stereocenters. The maximum atomic E-state index is 9.72. The first-order valence-electron chi connectivity index (χ1n) is 9.43. The van der Waals surface area contributed by atoms with E-state index in [1.165, 1.54) is 24.8 Å². The van der Waals surface area contributed by atoms with Gasteiger partial charge >= 0.3 is 0 Å². The Kier molecular flexibility index (Phi) is 8.57. The fourth-order valence-corrected chi connectivity index (χ4v) is 3.67. The van der Waals surface area contributed by atoms with Crippen LogP contribution < -0.4 is 10.6 Å². The van der Waals surface area contributed by atoms with Gasteiger partial charge in [0.15, 0.2) is 5.96 Å². The highest BCUT2D eigenvalue weighted by Crippen LogP contribution is 2.43. The number of rotatable bonds is 7. The Bertz CT molecular complexity index is 702. The van der Waals surface area contributed by atoms with Gasteiger partial charge in [0.2, 0.25) is 0 Å². The summed E-state index contributed by atoms with van der Waals surface area (Å²) >= 11 is 0. The van der Waals surface area contributed by atoms with Gasteiger partial charge in [0.1, 0.15) is 0 Å². The summed E-state index contributed by atoms with van der Waals surface area (Å²) in [5.41, 5.74) is 2.76. The minimum Gasteiger partial charge on any atom is -0.396 e. The average Bonchev–Trinajstić information content (AvgIpc) is 2.67. The molecule has 3 rings (SSSR count). The van der Waals surface area contributed by atoms with E-state index in [1.54, 1.807) is 7.05 Å². The van der Waals surface area contributed by atoms with Crippen molar-refractivity contribution < 1.29 is 5.11 Å². The number of benzene rings is 2. The molecule has 0 amide bonds. The molecule has 2 aromatic rings. The summed E-state index contributed by atoms with van der Waals surface area (Å²) in [6.07, 6.45) is 3.71. The van der Waals surface area contributed by atoms with Gasteiger partial charge < -0.3 is 15.7 Å². The zero-order valence-electron chi connectivity index (χ0n) is 15.9. The van der Waals surface area contributed by atoms with Gasteiger partial charge in [-0.2, -0.15) is 0 Å². The monoisotopic (exact) mass is 479 g/mol. The van der Waals surface area contributed by atoms with Gasteiger partial charge in [0.05, 0.1) is 6.61 Å². The maximum Gasteiger partial charge on any atom is 0.191 e. The fourth-order valence-electron chi connectivity index (χ4n) is 3.67. The second kappa shape index (κ2) is 10.7. The van der Waals surface area contributed by atoms with E-state index >= 15 is 0 Å². The van der Waals surface area contributed by atoms with E-state index in [2.05, 4.69) is 58.1 Å². The molecule has 2 aromatic carbocycles. The zero-order valence-corrected chi connectivity index (χ0v) is 18.2. The van der Waals surface area contributed by atoms with Crippen LogP contribution in [0.2, 0.25) is 0 Å². The molecule has 1 atom stereocenters. The standard InChI is InChI=1S/C22H29N3O.HI/c1-23-21(24-15-19(16-26)18-9-4-2-5-10-18)25-17-22(13-8-14-22)20-11-6-3-7-12-20;/h2-7,9-12,19,26H,8,13-17H2,1H3,(H2,23,24,25);1H. The van der Waals surface area contributed by atoms with Crippen molar-refractivity contribution in [2.75, 3.05) is 26.7 Å². The van der Waals surface area contributed by atoms with E-state index in [4.69, 9.17) is 0 Å². The molecule has 4 nitrogen and oxygen atoms in total. The van der Waals surface area contributed by atoms with Crippen LogP contribution in [-0.2, 0) is 5.41 Å². The molecule has 0 aliphatic heterocycles. The van der Waals surface area contributed by atoms with Crippen molar-refractivity contribution in [3.05, 3.63) is 71.8 Å². The van der Waals surface area contributed by atoms with Gasteiger partial charge in [-0.15, -0.1) is 24.0 Å². The molecule has 27 heavy (non-hydrogen) atoms. The summed E-state index contributed by atoms with van der Waals surface area (Å²) in [5.74, 6) is 0.850. The summed E-state index contributed by atoms with van der Waals surface area (Å²) in [4.78, 5) is 4.36. The second-order valence-electron chi connectivity index (χ2n) is 7.10. The largest absolute Gasteiger partial charge is 0.396 e. The average molecular weight is 479 g/mol. The number of nitrogens with zero attached hydrogens (tertiary/aromatic N) is 1. The molecule has 3 N–H and O–H groups in total. The van der Waals surface area contributed by atoms with Gasteiger partial charge in [0.25, 0.3) is 0 Å². The molecule has 1 aliphatic carbocycles. The van der Waals surface area contributed by atoms with Crippen molar-refractivity contribution >= 4 is 29.9 Å². The van der Waals surface area contributed by atoms with E-state index in [0.29, 0.717) is 6.54 Å². The molecule has 1 saturated carbocycles. The molecule has 0 saturated heterocycles. The number of aliphatic imine (C=N–C) groups is 1. The lowest BCUT2D eigenvalue weighted by atomic mass is 9.64. The van der Waals surface area contributed by atoms with Crippen LogP contribution >= 0.6 is 24.0 Å². The topological polar surface area (TPSA) is 56.7 Å². The molecular formula is C22H30IN3O. The number of hydrogen-bond donors (Lipinski definition) is 3. The summed E-state index contributed by atoms with van der Waals surface area (Å²) < 4.78 is 0. The van der Waals surface area contributed by atoms with Crippen molar-refractivity contribution in [3.8, 4) is 0 Å². The second-order valence-corrected chi connectivity index (χ2v) is 7.10. The molecule has 0 aromatic heterocycles. The van der Waals surface area contributed by atoms with E-state index in [1.807, 2.05) is 18.2 Å². The molecule has 1 fully saturated rings. The van der Waals surface area contributed by atoms with Crippen molar-refractivity contribution in [2.24, 2.45) is 4.99 Å². The first-order valence-corrected chi connectivity index (χ1v) is 9.43. The third-order valence-corrected chi connectivity index (χ3v) is 5.52. The Morgan fingerprint density at radius 1 is 1.04 bits per heavy atom. The van der Waals surface area contributed by atoms with Gasteiger partial charge in [-0.25, -0.2) is 0 Å². The van der Waals surface area contributed by atoms with Crippen molar-refractivity contribution in [3.63, 3.8) is 0 Å². The minimum absolute atomic E-state index is 0. The van der Waals surface area contributed by atoms with Gasteiger partial charge in [-0.05, 0) is 24.0 Å². The zero-order chi connectivity index (χ0) is 18.2. The third-order valence-electron chi connectivity index (χ3n) is 5.52. The number of hydrogen-bond acceptors (Lipinski definition) is 2. The predicted molar refractivity (Wildman–Crippen MR) is 123 cm³/mol. The number of aliphatic hydroxyl groups is 1. The highest BCUT2D eigenvalue weighted by atomic mass is 127. The molecule has 1 aliphatic rings. The molecule has 0 heterocycles. The Labute approximate surface area is 179 Å². The third kappa shape index (κ3) is 5.45. The molecular weight excluding hydrogens is 449 g/mol. The number of nitrogens with one attached hydrogen (secondary N) is 2. The lowest BCUT2D eigenvalue weighted by Crippen LogP contribution is -2.49.